The summed E-state index contributed by atoms with van der Waals surface area (Å²) in [7, 11) is 0. The first-order valence-electron chi connectivity index (χ1n) is 8.64. The molecule has 0 bridgehead atoms. The Morgan fingerprint density at radius 2 is 1.88 bits per heavy atom. The number of hydrogen-bond acceptors (Lipinski definition) is 2. The molecule has 1 aromatic heterocycles. The lowest BCUT2D eigenvalue weighted by atomic mass is 10.1. The standard InChI is InChI=1S/C21H21N3O/c1-15-7-5-6-10-17(15)14-24-12-11-20(23-24)22-21(25)19-13-18(19)16-8-3-2-4-9-16/h2-12,18-19H,13-14H2,1H3,(H,22,23,25)/t18-,19+/m0/s1. The smallest absolute Gasteiger partial charge is 0.229 e. The highest BCUT2D eigenvalue weighted by molar-refractivity contribution is 5.94. The van der Waals surface area contributed by atoms with Crippen molar-refractivity contribution in [2.75, 3.05) is 5.32 Å². The molecule has 1 aliphatic rings. The van der Waals surface area contributed by atoms with Gasteiger partial charge in [0.05, 0.1) is 6.54 Å². The zero-order valence-corrected chi connectivity index (χ0v) is 14.2. The summed E-state index contributed by atoms with van der Waals surface area (Å²) in [4.78, 5) is 12.4. The zero-order chi connectivity index (χ0) is 17.2. The van der Waals surface area contributed by atoms with Crippen LogP contribution in [0.1, 0.15) is 29.0 Å². The second kappa shape index (κ2) is 6.55. The third-order valence-electron chi connectivity index (χ3n) is 4.84. The van der Waals surface area contributed by atoms with Crippen molar-refractivity contribution in [3.05, 3.63) is 83.6 Å². The summed E-state index contributed by atoms with van der Waals surface area (Å²) in [5.74, 6) is 1.09. The first-order valence-corrected chi connectivity index (χ1v) is 8.64. The molecule has 3 aromatic rings. The molecule has 0 radical (unpaired) electrons. The SMILES string of the molecule is Cc1ccccc1Cn1ccc(NC(=O)[C@@H]2C[C@H]2c2ccccc2)n1. The van der Waals surface area contributed by atoms with Crippen LogP contribution in [0, 0.1) is 12.8 Å². The van der Waals surface area contributed by atoms with Crippen LogP contribution >= 0.6 is 0 Å². The average molecular weight is 331 g/mol. The second-order valence-electron chi connectivity index (χ2n) is 6.67. The molecular formula is C21H21N3O. The Bertz CT molecular complexity index is 885. The van der Waals surface area contributed by atoms with E-state index in [1.54, 1.807) is 0 Å². The summed E-state index contributed by atoms with van der Waals surface area (Å²) in [6.07, 6.45) is 2.82. The summed E-state index contributed by atoms with van der Waals surface area (Å²) < 4.78 is 1.86. The van der Waals surface area contributed by atoms with Crippen molar-refractivity contribution in [2.45, 2.75) is 25.8 Å². The van der Waals surface area contributed by atoms with E-state index in [0.29, 0.717) is 18.3 Å². The van der Waals surface area contributed by atoms with Crippen molar-refractivity contribution in [2.24, 2.45) is 5.92 Å². The lowest BCUT2D eigenvalue weighted by Gasteiger charge is -2.05. The van der Waals surface area contributed by atoms with Crippen molar-refractivity contribution in [1.29, 1.82) is 0 Å². The van der Waals surface area contributed by atoms with Gasteiger partial charge in [-0.25, -0.2) is 0 Å². The van der Waals surface area contributed by atoms with E-state index in [1.165, 1.54) is 16.7 Å². The molecule has 0 unspecified atom stereocenters. The molecule has 1 N–H and O–H groups in total. The maximum atomic E-state index is 12.4. The molecule has 0 saturated heterocycles. The van der Waals surface area contributed by atoms with E-state index in [-0.39, 0.29) is 11.8 Å². The summed E-state index contributed by atoms with van der Waals surface area (Å²) in [5.41, 5.74) is 3.72. The molecule has 25 heavy (non-hydrogen) atoms. The molecule has 1 fully saturated rings. The number of nitrogens with zero attached hydrogens (tertiary/aromatic N) is 2. The quantitative estimate of drug-likeness (QED) is 0.768. The van der Waals surface area contributed by atoms with Crippen molar-refractivity contribution in [3.63, 3.8) is 0 Å². The fourth-order valence-electron chi connectivity index (χ4n) is 3.25. The molecule has 0 spiro atoms. The third kappa shape index (κ3) is 3.48. The number of benzene rings is 2. The van der Waals surface area contributed by atoms with Gasteiger partial charge in [0.2, 0.25) is 5.91 Å². The van der Waals surface area contributed by atoms with Crippen LogP contribution in [0.3, 0.4) is 0 Å². The minimum atomic E-state index is 0.0592. The Morgan fingerprint density at radius 1 is 1.12 bits per heavy atom. The number of aryl methyl sites for hydroxylation is 1. The number of carbonyl (C=O) groups excluding carboxylic acids is 1. The first kappa shape index (κ1) is 15.6. The fourth-order valence-corrected chi connectivity index (χ4v) is 3.25. The van der Waals surface area contributed by atoms with Gasteiger partial charge in [-0.3, -0.25) is 9.48 Å². The van der Waals surface area contributed by atoms with Gasteiger partial charge in [-0.05, 0) is 36.0 Å². The monoisotopic (exact) mass is 331 g/mol. The van der Waals surface area contributed by atoms with Crippen LogP contribution in [0.15, 0.2) is 66.9 Å². The summed E-state index contributed by atoms with van der Waals surface area (Å²) >= 11 is 0. The molecule has 4 nitrogen and oxygen atoms in total. The molecule has 1 heterocycles. The van der Waals surface area contributed by atoms with E-state index in [9.17, 15) is 4.79 Å². The van der Waals surface area contributed by atoms with E-state index in [2.05, 4.69) is 41.6 Å². The van der Waals surface area contributed by atoms with E-state index >= 15 is 0 Å². The van der Waals surface area contributed by atoms with Crippen molar-refractivity contribution in [1.82, 2.24) is 9.78 Å². The van der Waals surface area contributed by atoms with Gasteiger partial charge in [0.15, 0.2) is 5.82 Å². The van der Waals surface area contributed by atoms with Gasteiger partial charge in [0, 0.05) is 18.2 Å². The first-order chi connectivity index (χ1) is 12.2. The Balaban J connectivity index is 1.37. The van der Waals surface area contributed by atoms with Crippen molar-refractivity contribution >= 4 is 11.7 Å². The molecular weight excluding hydrogens is 310 g/mol. The van der Waals surface area contributed by atoms with Gasteiger partial charge < -0.3 is 5.32 Å². The predicted octanol–water partition coefficient (Wildman–Crippen LogP) is 3.98. The van der Waals surface area contributed by atoms with Crippen molar-refractivity contribution in [3.8, 4) is 0 Å². The van der Waals surface area contributed by atoms with Gasteiger partial charge in [-0.2, -0.15) is 5.10 Å². The van der Waals surface area contributed by atoms with Crippen LogP contribution in [-0.4, -0.2) is 15.7 Å². The maximum absolute atomic E-state index is 12.4. The second-order valence-corrected chi connectivity index (χ2v) is 6.67. The normalized spacial score (nSPS) is 18.8. The van der Waals surface area contributed by atoms with Crippen LogP contribution in [0.2, 0.25) is 0 Å². The van der Waals surface area contributed by atoms with Gasteiger partial charge >= 0.3 is 0 Å². The molecule has 1 aliphatic carbocycles. The zero-order valence-electron chi connectivity index (χ0n) is 14.2. The minimum Gasteiger partial charge on any atom is -0.309 e. The molecule has 2 aromatic carbocycles. The van der Waals surface area contributed by atoms with E-state index in [0.717, 1.165) is 6.42 Å². The van der Waals surface area contributed by atoms with Crippen molar-refractivity contribution < 1.29 is 4.79 Å². The molecule has 2 atom stereocenters. The summed E-state index contributed by atoms with van der Waals surface area (Å²) in [5, 5.41) is 7.43. The molecule has 1 amide bonds. The van der Waals surface area contributed by atoms with Crippen LogP contribution < -0.4 is 5.32 Å². The summed E-state index contributed by atoms with van der Waals surface area (Å²) in [6.45, 7) is 2.80. The molecule has 1 saturated carbocycles. The Morgan fingerprint density at radius 3 is 2.68 bits per heavy atom. The summed E-state index contributed by atoms with van der Waals surface area (Å²) in [6, 6.07) is 20.4. The fraction of sp³-hybridized carbons (Fsp3) is 0.238. The number of hydrogen-bond donors (Lipinski definition) is 1. The number of amides is 1. The number of carbonyl (C=O) groups is 1. The Hall–Kier alpha value is -2.88. The topological polar surface area (TPSA) is 46.9 Å². The van der Waals surface area contributed by atoms with Gasteiger partial charge in [0.1, 0.15) is 0 Å². The minimum absolute atomic E-state index is 0.0592. The van der Waals surface area contributed by atoms with Gasteiger partial charge in [-0.15, -0.1) is 0 Å². The molecule has 0 aliphatic heterocycles. The average Bonchev–Trinajstić information content (AvgIpc) is 3.33. The number of nitrogens with one attached hydrogen (secondary N) is 1. The molecule has 126 valence electrons. The lowest BCUT2D eigenvalue weighted by Crippen LogP contribution is -2.15. The van der Waals surface area contributed by atoms with Gasteiger partial charge in [-0.1, -0.05) is 54.6 Å². The molecule has 4 rings (SSSR count). The molecule has 4 heteroatoms. The van der Waals surface area contributed by atoms with Crippen LogP contribution in [0.5, 0.6) is 0 Å². The largest absolute Gasteiger partial charge is 0.309 e. The Labute approximate surface area is 147 Å². The lowest BCUT2D eigenvalue weighted by molar-refractivity contribution is -0.117. The highest BCUT2D eigenvalue weighted by Gasteiger charge is 2.43. The predicted molar refractivity (Wildman–Crippen MR) is 98.4 cm³/mol. The van der Waals surface area contributed by atoms with Crippen LogP contribution in [0.4, 0.5) is 5.82 Å². The third-order valence-corrected chi connectivity index (χ3v) is 4.84. The van der Waals surface area contributed by atoms with Crippen LogP contribution in [-0.2, 0) is 11.3 Å². The Kier molecular flexibility index (Phi) is 4.10. The highest BCUT2D eigenvalue weighted by atomic mass is 16.2. The highest BCUT2D eigenvalue weighted by Crippen LogP contribution is 2.47. The van der Waals surface area contributed by atoms with Gasteiger partial charge in [0.25, 0.3) is 0 Å². The van der Waals surface area contributed by atoms with E-state index < -0.39 is 0 Å². The maximum Gasteiger partial charge on any atom is 0.229 e. The van der Waals surface area contributed by atoms with E-state index in [4.69, 9.17) is 0 Å². The number of anilines is 1. The number of rotatable bonds is 5. The van der Waals surface area contributed by atoms with Crippen LogP contribution in [0.25, 0.3) is 0 Å². The van der Waals surface area contributed by atoms with E-state index in [1.807, 2.05) is 47.3 Å². The number of aromatic nitrogens is 2.